The number of carbonyl (C=O) groups excluding carboxylic acids is 1. The lowest BCUT2D eigenvalue weighted by Gasteiger charge is -2.08. The van der Waals surface area contributed by atoms with Crippen molar-refractivity contribution in [1.29, 1.82) is 0 Å². The molecule has 1 heterocycles. The number of fused-ring (bicyclic) bond motifs is 1. The van der Waals surface area contributed by atoms with Gasteiger partial charge in [-0.3, -0.25) is 9.89 Å². The Morgan fingerprint density at radius 2 is 2.14 bits per heavy atom. The molecule has 3 aromatic rings. The van der Waals surface area contributed by atoms with Gasteiger partial charge in [-0.2, -0.15) is 5.10 Å². The number of aromatic nitrogens is 2. The van der Waals surface area contributed by atoms with Crippen molar-refractivity contribution in [2.75, 3.05) is 11.1 Å². The zero-order valence-electron chi connectivity index (χ0n) is 11.3. The van der Waals surface area contributed by atoms with E-state index in [0.29, 0.717) is 27.5 Å². The van der Waals surface area contributed by atoms with Crippen LogP contribution in [0.3, 0.4) is 0 Å². The lowest BCUT2D eigenvalue weighted by molar-refractivity contribution is 0.102. The van der Waals surface area contributed by atoms with Crippen LogP contribution in [0, 0.1) is 6.92 Å². The number of hydrogen-bond donors (Lipinski definition) is 3. The number of nitrogens with one attached hydrogen (secondary N) is 2. The summed E-state index contributed by atoms with van der Waals surface area (Å²) >= 11 is 6.05. The van der Waals surface area contributed by atoms with Gasteiger partial charge in [0, 0.05) is 21.8 Å². The summed E-state index contributed by atoms with van der Waals surface area (Å²) in [5, 5.41) is 11.0. The number of nitrogens with two attached hydrogens (primary N) is 1. The van der Waals surface area contributed by atoms with Gasteiger partial charge < -0.3 is 11.1 Å². The molecule has 0 aliphatic heterocycles. The molecule has 5 nitrogen and oxygen atoms in total. The molecule has 0 bridgehead atoms. The molecule has 0 atom stereocenters. The van der Waals surface area contributed by atoms with Gasteiger partial charge in [0.2, 0.25) is 0 Å². The molecule has 0 saturated carbocycles. The minimum absolute atomic E-state index is 0.302. The predicted molar refractivity (Wildman–Crippen MR) is 84.6 cm³/mol. The van der Waals surface area contributed by atoms with Gasteiger partial charge in [0.05, 0.1) is 5.52 Å². The van der Waals surface area contributed by atoms with Crippen LogP contribution in [0.25, 0.3) is 10.9 Å². The second-order valence-corrected chi connectivity index (χ2v) is 5.15. The van der Waals surface area contributed by atoms with Crippen LogP contribution in [0.2, 0.25) is 5.02 Å². The first-order valence-corrected chi connectivity index (χ1v) is 6.74. The number of H-pyrrole nitrogens is 1. The summed E-state index contributed by atoms with van der Waals surface area (Å²) in [4.78, 5) is 12.4. The molecule has 1 amide bonds. The maximum absolute atomic E-state index is 12.4. The number of nitrogens with zero attached hydrogens (tertiary/aromatic N) is 1. The van der Waals surface area contributed by atoms with Gasteiger partial charge in [-0.25, -0.2) is 0 Å². The van der Waals surface area contributed by atoms with Crippen LogP contribution in [0.4, 0.5) is 11.4 Å². The molecular weight excluding hydrogens is 288 g/mol. The number of carbonyl (C=O) groups is 1. The second-order valence-electron chi connectivity index (χ2n) is 4.74. The van der Waals surface area contributed by atoms with Crippen molar-refractivity contribution in [3.05, 3.63) is 52.7 Å². The van der Waals surface area contributed by atoms with Crippen molar-refractivity contribution in [1.82, 2.24) is 10.2 Å². The van der Waals surface area contributed by atoms with Crippen molar-refractivity contribution < 1.29 is 4.79 Å². The molecule has 21 heavy (non-hydrogen) atoms. The molecule has 0 aliphatic carbocycles. The molecular formula is C15H13ClN4O. The largest absolute Gasteiger partial charge is 0.399 e. The second kappa shape index (κ2) is 5.10. The third-order valence-corrected chi connectivity index (χ3v) is 3.73. The maximum Gasteiger partial charge on any atom is 0.276 e. The molecule has 3 rings (SSSR count). The van der Waals surface area contributed by atoms with Crippen LogP contribution in [0.1, 0.15) is 16.1 Å². The van der Waals surface area contributed by atoms with Crippen LogP contribution < -0.4 is 11.1 Å². The normalized spacial score (nSPS) is 10.8. The molecule has 6 heteroatoms. The van der Waals surface area contributed by atoms with Gasteiger partial charge in [0.1, 0.15) is 0 Å². The summed E-state index contributed by atoms with van der Waals surface area (Å²) in [5.74, 6) is -0.308. The van der Waals surface area contributed by atoms with Crippen molar-refractivity contribution in [2.45, 2.75) is 6.92 Å². The number of halogens is 1. The Bertz CT molecular complexity index is 841. The highest BCUT2D eigenvalue weighted by Crippen LogP contribution is 2.24. The summed E-state index contributed by atoms with van der Waals surface area (Å²) in [6.07, 6.45) is 0. The summed E-state index contributed by atoms with van der Waals surface area (Å²) < 4.78 is 0. The predicted octanol–water partition coefficient (Wildman–Crippen LogP) is 3.36. The smallest absolute Gasteiger partial charge is 0.276 e. The molecule has 0 fully saturated rings. The number of anilines is 2. The molecule has 0 aliphatic rings. The maximum atomic E-state index is 12.4. The van der Waals surface area contributed by atoms with Crippen molar-refractivity contribution in [3.8, 4) is 0 Å². The van der Waals surface area contributed by atoms with Gasteiger partial charge in [-0.15, -0.1) is 0 Å². The molecule has 0 radical (unpaired) electrons. The molecule has 0 saturated heterocycles. The molecule has 0 spiro atoms. The first-order valence-electron chi connectivity index (χ1n) is 6.36. The number of hydrogen-bond acceptors (Lipinski definition) is 3. The van der Waals surface area contributed by atoms with Gasteiger partial charge >= 0.3 is 0 Å². The van der Waals surface area contributed by atoms with Crippen LogP contribution in [0.15, 0.2) is 36.4 Å². The first kappa shape index (κ1) is 13.5. The summed E-state index contributed by atoms with van der Waals surface area (Å²) in [5.41, 5.74) is 8.87. The zero-order chi connectivity index (χ0) is 15.0. The minimum Gasteiger partial charge on any atom is -0.399 e. The lowest BCUT2D eigenvalue weighted by atomic mass is 10.1. The van der Waals surface area contributed by atoms with Crippen molar-refractivity contribution in [3.63, 3.8) is 0 Å². The van der Waals surface area contributed by atoms with Gasteiger partial charge in [0.25, 0.3) is 5.91 Å². The van der Waals surface area contributed by atoms with E-state index in [1.165, 1.54) is 0 Å². The van der Waals surface area contributed by atoms with Crippen molar-refractivity contribution in [2.24, 2.45) is 0 Å². The van der Waals surface area contributed by atoms with Gasteiger partial charge in [-0.05, 0) is 42.8 Å². The Labute approximate surface area is 126 Å². The quantitative estimate of drug-likeness (QED) is 0.634. The van der Waals surface area contributed by atoms with E-state index in [1.54, 1.807) is 36.4 Å². The Kier molecular flexibility index (Phi) is 3.27. The van der Waals surface area contributed by atoms with E-state index in [9.17, 15) is 4.79 Å². The van der Waals surface area contributed by atoms with E-state index in [0.717, 1.165) is 11.1 Å². The third kappa shape index (κ3) is 2.43. The third-order valence-electron chi connectivity index (χ3n) is 3.32. The van der Waals surface area contributed by atoms with Gasteiger partial charge in [0.15, 0.2) is 5.69 Å². The van der Waals surface area contributed by atoms with Crippen LogP contribution in [0.5, 0.6) is 0 Å². The fraction of sp³-hybridized carbons (Fsp3) is 0.0667. The monoisotopic (exact) mass is 300 g/mol. The van der Waals surface area contributed by atoms with E-state index in [2.05, 4.69) is 15.5 Å². The highest BCUT2D eigenvalue weighted by atomic mass is 35.5. The fourth-order valence-corrected chi connectivity index (χ4v) is 2.30. The Morgan fingerprint density at radius 3 is 2.95 bits per heavy atom. The SMILES string of the molecule is Cc1c(Cl)cccc1NC(=O)c1n[nH]c2ccc(N)cc12. The number of rotatable bonds is 2. The average molecular weight is 301 g/mol. The number of amides is 1. The van der Waals surface area contributed by atoms with Crippen LogP contribution >= 0.6 is 11.6 Å². The standard InChI is InChI=1S/C15H13ClN4O/c1-8-11(16)3-2-4-12(8)18-15(21)14-10-7-9(17)5-6-13(10)19-20-14/h2-7H,17H2,1H3,(H,18,21)(H,19,20). The van der Waals surface area contributed by atoms with Crippen LogP contribution in [-0.2, 0) is 0 Å². The van der Waals surface area contributed by atoms with E-state index in [4.69, 9.17) is 17.3 Å². The number of aromatic amines is 1. The molecule has 2 aromatic carbocycles. The summed E-state index contributed by atoms with van der Waals surface area (Å²) in [7, 11) is 0. The average Bonchev–Trinajstić information content (AvgIpc) is 2.87. The summed E-state index contributed by atoms with van der Waals surface area (Å²) in [6, 6.07) is 10.6. The highest BCUT2D eigenvalue weighted by molar-refractivity contribution is 6.31. The number of nitrogen functional groups attached to an aromatic ring is 1. The van der Waals surface area contributed by atoms with E-state index < -0.39 is 0 Å². The number of benzene rings is 2. The lowest BCUT2D eigenvalue weighted by Crippen LogP contribution is -2.13. The Hall–Kier alpha value is -2.53. The van der Waals surface area contributed by atoms with E-state index in [1.807, 2.05) is 6.92 Å². The Morgan fingerprint density at radius 1 is 1.33 bits per heavy atom. The van der Waals surface area contributed by atoms with E-state index in [-0.39, 0.29) is 5.91 Å². The molecule has 0 unspecified atom stereocenters. The van der Waals surface area contributed by atoms with Crippen molar-refractivity contribution >= 4 is 39.8 Å². The first-order chi connectivity index (χ1) is 10.1. The Balaban J connectivity index is 1.97. The molecule has 1 aromatic heterocycles. The minimum atomic E-state index is -0.308. The highest BCUT2D eigenvalue weighted by Gasteiger charge is 2.15. The zero-order valence-corrected chi connectivity index (χ0v) is 12.0. The van der Waals surface area contributed by atoms with Crippen LogP contribution in [-0.4, -0.2) is 16.1 Å². The molecule has 106 valence electrons. The molecule has 4 N–H and O–H groups in total. The fourth-order valence-electron chi connectivity index (χ4n) is 2.13. The van der Waals surface area contributed by atoms with E-state index >= 15 is 0 Å². The van der Waals surface area contributed by atoms with Gasteiger partial charge in [-0.1, -0.05) is 17.7 Å². The topological polar surface area (TPSA) is 83.8 Å². The summed E-state index contributed by atoms with van der Waals surface area (Å²) in [6.45, 7) is 1.85.